The largest absolute Gasteiger partial charge is 0.457 e. The summed E-state index contributed by atoms with van der Waals surface area (Å²) in [5, 5.41) is 2.85. The Morgan fingerprint density at radius 3 is 2.74 bits per heavy atom. The van der Waals surface area contributed by atoms with Crippen LogP contribution < -0.4 is 11.1 Å². The molecule has 3 N–H and O–H groups in total. The van der Waals surface area contributed by atoms with Gasteiger partial charge < -0.3 is 15.5 Å². The lowest BCUT2D eigenvalue weighted by molar-refractivity contribution is -0.110. The van der Waals surface area contributed by atoms with E-state index in [-0.39, 0.29) is 5.91 Å². The van der Waals surface area contributed by atoms with Gasteiger partial charge in [-0.05, 0) is 36.4 Å². The number of anilines is 2. The molecular weight excluding hydrogens is 288 g/mol. The van der Waals surface area contributed by atoms with Gasteiger partial charge in [-0.2, -0.15) is 0 Å². The second-order valence-corrected chi connectivity index (χ2v) is 5.39. The van der Waals surface area contributed by atoms with Crippen molar-refractivity contribution in [2.75, 3.05) is 11.1 Å². The molecule has 0 radical (unpaired) electrons. The molecule has 4 rings (SSSR count). The van der Waals surface area contributed by atoms with Crippen LogP contribution in [0.1, 0.15) is 11.3 Å². The lowest BCUT2D eigenvalue weighted by Crippen LogP contribution is -2.03. The van der Waals surface area contributed by atoms with Crippen molar-refractivity contribution in [3.63, 3.8) is 0 Å². The first-order chi connectivity index (χ1) is 11.2. The Hall–Kier alpha value is -3.27. The van der Waals surface area contributed by atoms with E-state index in [2.05, 4.69) is 5.32 Å². The van der Waals surface area contributed by atoms with Gasteiger partial charge in [0.2, 0.25) is 0 Å². The van der Waals surface area contributed by atoms with Gasteiger partial charge in [-0.15, -0.1) is 0 Å². The minimum Gasteiger partial charge on any atom is -0.457 e. The highest BCUT2D eigenvalue weighted by molar-refractivity contribution is 6.34. The predicted octanol–water partition coefficient (Wildman–Crippen LogP) is 4.02. The molecule has 2 heterocycles. The average Bonchev–Trinajstić information content (AvgIpc) is 3.13. The van der Waals surface area contributed by atoms with Crippen LogP contribution >= 0.6 is 0 Å². The zero-order chi connectivity index (χ0) is 15.8. The van der Waals surface area contributed by atoms with Crippen molar-refractivity contribution in [1.82, 2.24) is 0 Å². The van der Waals surface area contributed by atoms with Crippen molar-refractivity contribution in [2.24, 2.45) is 0 Å². The number of rotatable bonds is 2. The number of nitrogens with one attached hydrogen (secondary N) is 1. The fourth-order valence-electron chi connectivity index (χ4n) is 2.70. The number of para-hydroxylation sites is 1. The van der Waals surface area contributed by atoms with Crippen molar-refractivity contribution < 1.29 is 9.21 Å². The van der Waals surface area contributed by atoms with E-state index < -0.39 is 0 Å². The van der Waals surface area contributed by atoms with Crippen LogP contribution in [-0.4, -0.2) is 5.91 Å². The third-order valence-electron chi connectivity index (χ3n) is 3.79. The summed E-state index contributed by atoms with van der Waals surface area (Å²) in [6.07, 6.45) is 1.76. The van der Waals surface area contributed by atoms with Crippen LogP contribution in [0.4, 0.5) is 11.4 Å². The van der Waals surface area contributed by atoms with Crippen LogP contribution in [0.2, 0.25) is 0 Å². The number of nitrogen functional groups attached to an aromatic ring is 1. The highest BCUT2D eigenvalue weighted by Gasteiger charge is 2.23. The molecule has 1 aromatic heterocycles. The minimum atomic E-state index is -0.117. The van der Waals surface area contributed by atoms with E-state index in [1.165, 1.54) is 0 Å². The Kier molecular flexibility index (Phi) is 3.01. The van der Waals surface area contributed by atoms with Gasteiger partial charge >= 0.3 is 0 Å². The number of carbonyl (C=O) groups is 1. The predicted molar refractivity (Wildman–Crippen MR) is 91.5 cm³/mol. The van der Waals surface area contributed by atoms with Gasteiger partial charge in [0.15, 0.2) is 0 Å². The molecule has 4 nitrogen and oxygen atoms in total. The molecule has 112 valence electrons. The molecule has 23 heavy (non-hydrogen) atoms. The molecule has 1 amide bonds. The summed E-state index contributed by atoms with van der Waals surface area (Å²) in [5.41, 5.74) is 9.71. The summed E-state index contributed by atoms with van der Waals surface area (Å²) in [6, 6.07) is 18.8. The number of nitrogens with two attached hydrogens (primary N) is 1. The number of carbonyl (C=O) groups excluding carboxylic acids is 1. The van der Waals surface area contributed by atoms with Crippen LogP contribution in [0.5, 0.6) is 0 Å². The van der Waals surface area contributed by atoms with Crippen LogP contribution in [0.25, 0.3) is 23.0 Å². The number of benzene rings is 2. The van der Waals surface area contributed by atoms with Gasteiger partial charge in [0.1, 0.15) is 11.5 Å². The Labute approximate surface area is 133 Å². The fraction of sp³-hybridized carbons (Fsp3) is 0. The van der Waals surface area contributed by atoms with Gasteiger partial charge in [0.25, 0.3) is 5.91 Å². The van der Waals surface area contributed by atoms with E-state index in [0.29, 0.717) is 17.0 Å². The molecule has 0 aliphatic carbocycles. The number of furan rings is 1. The van der Waals surface area contributed by atoms with Gasteiger partial charge in [0, 0.05) is 22.5 Å². The Morgan fingerprint density at radius 1 is 1.00 bits per heavy atom. The van der Waals surface area contributed by atoms with Crippen LogP contribution in [-0.2, 0) is 4.79 Å². The lowest BCUT2D eigenvalue weighted by Gasteiger charge is -1.98. The molecule has 0 atom stereocenters. The maximum atomic E-state index is 12.1. The highest BCUT2D eigenvalue weighted by Crippen LogP contribution is 2.33. The fourth-order valence-corrected chi connectivity index (χ4v) is 2.70. The average molecular weight is 302 g/mol. The third kappa shape index (κ3) is 2.40. The summed E-state index contributed by atoms with van der Waals surface area (Å²) in [5.74, 6) is 1.23. The normalized spacial score (nSPS) is 14.8. The van der Waals surface area contributed by atoms with Gasteiger partial charge in [0.05, 0.1) is 5.57 Å². The maximum absolute atomic E-state index is 12.1. The Balaban J connectivity index is 1.72. The van der Waals surface area contributed by atoms with Crippen molar-refractivity contribution in [2.45, 2.75) is 0 Å². The Morgan fingerprint density at radius 2 is 1.87 bits per heavy atom. The minimum absolute atomic E-state index is 0.117. The summed E-state index contributed by atoms with van der Waals surface area (Å²) in [6.45, 7) is 0. The second-order valence-electron chi connectivity index (χ2n) is 5.39. The lowest BCUT2D eigenvalue weighted by atomic mass is 10.1. The van der Waals surface area contributed by atoms with Crippen molar-refractivity contribution in [3.8, 4) is 11.3 Å². The zero-order valence-electron chi connectivity index (χ0n) is 12.2. The topological polar surface area (TPSA) is 68.3 Å². The van der Waals surface area contributed by atoms with Crippen LogP contribution in [0.3, 0.4) is 0 Å². The van der Waals surface area contributed by atoms with Gasteiger partial charge in [-0.25, -0.2) is 0 Å². The zero-order valence-corrected chi connectivity index (χ0v) is 12.2. The number of fused-ring (bicyclic) bond motifs is 1. The monoisotopic (exact) mass is 302 g/mol. The Bertz CT molecular complexity index is 938. The summed E-state index contributed by atoms with van der Waals surface area (Å²) >= 11 is 0. The molecule has 1 aliphatic rings. The molecule has 0 saturated heterocycles. The maximum Gasteiger partial charge on any atom is 0.256 e. The van der Waals surface area contributed by atoms with E-state index >= 15 is 0 Å². The van der Waals surface area contributed by atoms with E-state index in [1.807, 2.05) is 60.7 Å². The molecular formula is C19H14N2O2. The first-order valence-electron chi connectivity index (χ1n) is 7.29. The van der Waals surface area contributed by atoms with Crippen LogP contribution in [0.15, 0.2) is 65.1 Å². The number of hydrogen-bond acceptors (Lipinski definition) is 3. The van der Waals surface area contributed by atoms with Gasteiger partial charge in [-0.1, -0.05) is 30.3 Å². The SMILES string of the molecule is Nc1cccc(-c2ccc(C=C3C(=O)Nc4ccccc43)o2)c1. The van der Waals surface area contributed by atoms with E-state index in [0.717, 1.165) is 22.6 Å². The molecule has 4 heteroatoms. The summed E-state index contributed by atoms with van der Waals surface area (Å²) in [7, 11) is 0. The standard InChI is InChI=1S/C19H14N2O2/c20-13-5-3-4-12(10-13)18-9-8-14(23-18)11-16-15-6-1-2-7-17(15)21-19(16)22/h1-11H,20H2,(H,21,22). The molecule has 0 fully saturated rings. The summed E-state index contributed by atoms with van der Waals surface area (Å²) in [4.78, 5) is 12.1. The number of hydrogen-bond donors (Lipinski definition) is 2. The van der Waals surface area contributed by atoms with Crippen molar-refractivity contribution in [3.05, 3.63) is 72.0 Å². The third-order valence-corrected chi connectivity index (χ3v) is 3.79. The first-order valence-corrected chi connectivity index (χ1v) is 7.29. The van der Waals surface area contributed by atoms with Crippen molar-refractivity contribution in [1.29, 1.82) is 0 Å². The quantitative estimate of drug-likeness (QED) is 0.555. The molecule has 0 spiro atoms. The molecule has 0 saturated carbocycles. The first kappa shape index (κ1) is 13.4. The molecule has 3 aromatic rings. The summed E-state index contributed by atoms with van der Waals surface area (Å²) < 4.78 is 5.84. The van der Waals surface area contributed by atoms with Crippen molar-refractivity contribution >= 4 is 28.9 Å². The van der Waals surface area contributed by atoms with E-state index in [9.17, 15) is 4.79 Å². The van der Waals surface area contributed by atoms with Gasteiger partial charge in [-0.3, -0.25) is 4.79 Å². The van der Waals surface area contributed by atoms with Crippen LogP contribution in [0, 0.1) is 0 Å². The van der Waals surface area contributed by atoms with E-state index in [1.54, 1.807) is 6.08 Å². The van der Waals surface area contributed by atoms with E-state index in [4.69, 9.17) is 10.2 Å². The molecule has 0 unspecified atom stereocenters. The second kappa shape index (κ2) is 5.18. The smallest absolute Gasteiger partial charge is 0.256 e. The molecule has 0 bridgehead atoms. The number of amides is 1. The molecule has 2 aromatic carbocycles. The molecule has 1 aliphatic heterocycles. The highest BCUT2D eigenvalue weighted by atomic mass is 16.3.